The van der Waals surface area contributed by atoms with E-state index in [4.69, 9.17) is 5.73 Å². The summed E-state index contributed by atoms with van der Waals surface area (Å²) in [4.78, 5) is 11.8. The van der Waals surface area contributed by atoms with Crippen LogP contribution in [0.15, 0.2) is 6.20 Å². The zero-order chi connectivity index (χ0) is 12.8. The SMILES string of the molecule is CCc1nn(C)cc1NC(=O)[C@@H](N)CCSC. The minimum atomic E-state index is -0.452. The molecule has 0 saturated heterocycles. The molecule has 0 saturated carbocycles. The van der Waals surface area contributed by atoms with Crippen molar-refractivity contribution in [2.75, 3.05) is 17.3 Å². The maximum absolute atomic E-state index is 11.8. The zero-order valence-electron chi connectivity index (χ0n) is 10.6. The summed E-state index contributed by atoms with van der Waals surface area (Å²) in [5, 5.41) is 7.10. The predicted octanol–water partition coefficient (Wildman–Crippen LogP) is 1.00. The van der Waals surface area contributed by atoms with Gasteiger partial charge in [0.1, 0.15) is 0 Å². The Balaban J connectivity index is 2.60. The summed E-state index contributed by atoms with van der Waals surface area (Å²) in [5.74, 6) is 0.754. The van der Waals surface area contributed by atoms with Gasteiger partial charge in [0.2, 0.25) is 5.91 Å². The van der Waals surface area contributed by atoms with Gasteiger partial charge in [0.25, 0.3) is 0 Å². The monoisotopic (exact) mass is 256 g/mol. The lowest BCUT2D eigenvalue weighted by Crippen LogP contribution is -2.36. The average molecular weight is 256 g/mol. The fourth-order valence-corrected chi connectivity index (χ4v) is 1.99. The molecular weight excluding hydrogens is 236 g/mol. The number of thioether (sulfide) groups is 1. The summed E-state index contributed by atoms with van der Waals surface area (Å²) < 4.78 is 1.70. The Morgan fingerprint density at radius 2 is 2.41 bits per heavy atom. The Bertz CT molecular complexity index is 378. The van der Waals surface area contributed by atoms with E-state index in [1.807, 2.05) is 20.2 Å². The molecule has 5 nitrogen and oxygen atoms in total. The van der Waals surface area contributed by atoms with Crippen molar-refractivity contribution in [1.82, 2.24) is 9.78 Å². The van der Waals surface area contributed by atoms with E-state index in [1.165, 1.54) is 0 Å². The van der Waals surface area contributed by atoms with Crippen LogP contribution in [0.5, 0.6) is 0 Å². The van der Waals surface area contributed by atoms with Crippen molar-refractivity contribution in [1.29, 1.82) is 0 Å². The van der Waals surface area contributed by atoms with Crippen molar-refractivity contribution in [2.24, 2.45) is 12.8 Å². The first-order valence-electron chi connectivity index (χ1n) is 5.66. The molecule has 3 N–H and O–H groups in total. The van der Waals surface area contributed by atoms with Gasteiger partial charge in [-0.3, -0.25) is 9.48 Å². The summed E-state index contributed by atoms with van der Waals surface area (Å²) in [6.45, 7) is 2.01. The number of carbonyl (C=O) groups excluding carboxylic acids is 1. The number of aromatic nitrogens is 2. The number of carbonyl (C=O) groups is 1. The fraction of sp³-hybridized carbons (Fsp3) is 0.636. The van der Waals surface area contributed by atoms with E-state index in [2.05, 4.69) is 10.4 Å². The van der Waals surface area contributed by atoms with Crippen LogP contribution in [0.2, 0.25) is 0 Å². The number of nitrogens with zero attached hydrogens (tertiary/aromatic N) is 2. The van der Waals surface area contributed by atoms with E-state index in [0.717, 1.165) is 23.6 Å². The molecule has 0 radical (unpaired) electrons. The van der Waals surface area contributed by atoms with Gasteiger partial charge in [-0.1, -0.05) is 6.92 Å². The summed E-state index contributed by atoms with van der Waals surface area (Å²) in [6, 6.07) is -0.452. The van der Waals surface area contributed by atoms with Gasteiger partial charge in [-0.25, -0.2) is 0 Å². The van der Waals surface area contributed by atoms with Crippen molar-refractivity contribution < 1.29 is 4.79 Å². The maximum Gasteiger partial charge on any atom is 0.241 e. The lowest BCUT2D eigenvalue weighted by atomic mass is 10.2. The molecule has 6 heteroatoms. The lowest BCUT2D eigenvalue weighted by Gasteiger charge is -2.10. The number of rotatable bonds is 6. The van der Waals surface area contributed by atoms with Crippen LogP contribution in [0.25, 0.3) is 0 Å². The number of aryl methyl sites for hydroxylation is 2. The van der Waals surface area contributed by atoms with Gasteiger partial charge in [0.15, 0.2) is 0 Å². The molecule has 1 amide bonds. The molecule has 0 unspecified atom stereocenters. The molecule has 0 aliphatic carbocycles. The maximum atomic E-state index is 11.8. The summed E-state index contributed by atoms with van der Waals surface area (Å²) >= 11 is 1.69. The van der Waals surface area contributed by atoms with E-state index < -0.39 is 6.04 Å². The number of hydrogen-bond donors (Lipinski definition) is 2. The summed E-state index contributed by atoms with van der Waals surface area (Å²) in [5.41, 5.74) is 7.45. The Labute approximate surface area is 106 Å². The van der Waals surface area contributed by atoms with E-state index in [0.29, 0.717) is 6.42 Å². The molecule has 17 heavy (non-hydrogen) atoms. The first-order chi connectivity index (χ1) is 8.08. The van der Waals surface area contributed by atoms with E-state index >= 15 is 0 Å². The van der Waals surface area contributed by atoms with Crippen LogP contribution in [0.3, 0.4) is 0 Å². The highest BCUT2D eigenvalue weighted by atomic mass is 32.2. The lowest BCUT2D eigenvalue weighted by molar-refractivity contribution is -0.117. The van der Waals surface area contributed by atoms with Crippen molar-refractivity contribution in [3.05, 3.63) is 11.9 Å². The van der Waals surface area contributed by atoms with Crippen molar-refractivity contribution >= 4 is 23.4 Å². The van der Waals surface area contributed by atoms with Gasteiger partial charge < -0.3 is 11.1 Å². The number of hydrogen-bond acceptors (Lipinski definition) is 4. The summed E-state index contributed by atoms with van der Waals surface area (Å²) in [7, 11) is 1.84. The second-order valence-corrected chi connectivity index (χ2v) is 4.88. The summed E-state index contributed by atoms with van der Waals surface area (Å²) in [6.07, 6.45) is 5.28. The molecule has 1 aromatic rings. The third-order valence-corrected chi connectivity index (χ3v) is 3.11. The molecular formula is C11H20N4OS. The van der Waals surface area contributed by atoms with Crippen LogP contribution in [0, 0.1) is 0 Å². The standard InChI is InChI=1S/C11H20N4OS/c1-4-9-10(7-15(2)14-9)13-11(16)8(12)5-6-17-3/h7-8H,4-6,12H2,1-3H3,(H,13,16)/t8-/m0/s1. The first kappa shape index (κ1) is 14.1. The highest BCUT2D eigenvalue weighted by Crippen LogP contribution is 2.14. The highest BCUT2D eigenvalue weighted by molar-refractivity contribution is 7.98. The molecule has 0 aromatic carbocycles. The van der Waals surface area contributed by atoms with Gasteiger partial charge >= 0.3 is 0 Å². The van der Waals surface area contributed by atoms with Crippen molar-refractivity contribution in [3.8, 4) is 0 Å². The van der Waals surface area contributed by atoms with Gasteiger partial charge in [0.05, 0.1) is 17.4 Å². The zero-order valence-corrected chi connectivity index (χ0v) is 11.4. The third kappa shape index (κ3) is 4.05. The van der Waals surface area contributed by atoms with Crippen LogP contribution in [0.4, 0.5) is 5.69 Å². The third-order valence-electron chi connectivity index (χ3n) is 2.47. The van der Waals surface area contributed by atoms with E-state index in [-0.39, 0.29) is 5.91 Å². The van der Waals surface area contributed by atoms with Crippen molar-refractivity contribution in [3.63, 3.8) is 0 Å². The quantitative estimate of drug-likeness (QED) is 0.796. The molecule has 1 heterocycles. The predicted molar refractivity (Wildman–Crippen MR) is 72.2 cm³/mol. The van der Waals surface area contributed by atoms with Gasteiger partial charge in [0, 0.05) is 13.2 Å². The van der Waals surface area contributed by atoms with Gasteiger partial charge in [-0.05, 0) is 24.9 Å². The number of amides is 1. The molecule has 1 rings (SSSR count). The molecule has 0 bridgehead atoms. The number of nitrogens with one attached hydrogen (secondary N) is 1. The molecule has 96 valence electrons. The largest absolute Gasteiger partial charge is 0.322 e. The molecule has 0 fully saturated rings. The van der Waals surface area contributed by atoms with Crippen LogP contribution in [-0.4, -0.2) is 33.7 Å². The van der Waals surface area contributed by atoms with Crippen LogP contribution < -0.4 is 11.1 Å². The van der Waals surface area contributed by atoms with Crippen LogP contribution in [-0.2, 0) is 18.3 Å². The normalized spacial score (nSPS) is 12.5. The highest BCUT2D eigenvalue weighted by Gasteiger charge is 2.15. The first-order valence-corrected chi connectivity index (χ1v) is 7.05. The van der Waals surface area contributed by atoms with Crippen LogP contribution >= 0.6 is 11.8 Å². The Kier molecular flexibility index (Phi) is 5.50. The van der Waals surface area contributed by atoms with Crippen molar-refractivity contribution in [2.45, 2.75) is 25.8 Å². The minimum absolute atomic E-state index is 0.137. The van der Waals surface area contributed by atoms with Crippen LogP contribution in [0.1, 0.15) is 19.0 Å². The topological polar surface area (TPSA) is 72.9 Å². The molecule has 0 aliphatic rings. The number of nitrogens with two attached hydrogens (primary N) is 1. The second kappa shape index (κ2) is 6.66. The Hall–Kier alpha value is -1.01. The Morgan fingerprint density at radius 1 is 1.71 bits per heavy atom. The smallest absolute Gasteiger partial charge is 0.241 e. The molecule has 0 spiro atoms. The van der Waals surface area contributed by atoms with Gasteiger partial charge in [-0.15, -0.1) is 0 Å². The number of anilines is 1. The Morgan fingerprint density at radius 3 is 3.00 bits per heavy atom. The molecule has 0 aliphatic heterocycles. The second-order valence-electron chi connectivity index (χ2n) is 3.89. The van der Waals surface area contributed by atoms with E-state index in [9.17, 15) is 4.79 Å². The molecule has 1 atom stereocenters. The van der Waals surface area contributed by atoms with Gasteiger partial charge in [-0.2, -0.15) is 16.9 Å². The van der Waals surface area contributed by atoms with E-state index in [1.54, 1.807) is 22.6 Å². The minimum Gasteiger partial charge on any atom is -0.322 e. The molecule has 1 aromatic heterocycles. The fourth-order valence-electron chi connectivity index (χ4n) is 1.50. The average Bonchev–Trinajstić information content (AvgIpc) is 2.66.